The van der Waals surface area contributed by atoms with Gasteiger partial charge in [0.2, 0.25) is 0 Å². The summed E-state index contributed by atoms with van der Waals surface area (Å²) >= 11 is 13.8. The van der Waals surface area contributed by atoms with Crippen LogP contribution >= 0.6 is 23.2 Å². The summed E-state index contributed by atoms with van der Waals surface area (Å²) in [7, 11) is 3.76. The van der Waals surface area contributed by atoms with Gasteiger partial charge in [-0.25, -0.2) is 14.4 Å². The van der Waals surface area contributed by atoms with Gasteiger partial charge < -0.3 is 44.8 Å². The molecule has 0 fully saturated rings. The van der Waals surface area contributed by atoms with E-state index < -0.39 is 40.7 Å². The number of hydrogen-bond acceptors (Lipinski definition) is 11. The number of aromatic hydroxyl groups is 1. The number of carbonyl (C=O) groups excluding carboxylic acids is 2. The van der Waals surface area contributed by atoms with E-state index in [1.807, 2.05) is 44.1 Å². The number of hydrogen-bond donors (Lipinski definition) is 6. The number of benzene rings is 7. The van der Waals surface area contributed by atoms with Crippen LogP contribution in [0.25, 0.3) is 66.8 Å². The molecule has 73 heavy (non-hydrogen) atoms. The summed E-state index contributed by atoms with van der Waals surface area (Å²) in [5.74, 6) is -5.25. The van der Waals surface area contributed by atoms with Crippen LogP contribution in [0.4, 0.5) is 5.69 Å². The van der Waals surface area contributed by atoms with E-state index in [-0.39, 0.29) is 90.3 Å². The lowest BCUT2D eigenvalue weighted by Crippen LogP contribution is -2.27. The zero-order chi connectivity index (χ0) is 52.0. The fraction of sp³-hybridized carbons (Fsp3) is 0.109. The molecule has 0 saturated heterocycles. The number of aromatic carboxylic acids is 3. The molecular weight excluding hydrogens is 980 g/mol. The second kappa shape index (κ2) is 19.7. The molecule has 2 aliphatic heterocycles. The molecule has 5 aromatic carbocycles. The Morgan fingerprint density at radius 3 is 2.00 bits per heavy atom. The van der Waals surface area contributed by atoms with E-state index in [1.54, 1.807) is 30.3 Å². The highest BCUT2D eigenvalue weighted by molar-refractivity contribution is 6.41. The van der Waals surface area contributed by atoms with Gasteiger partial charge in [-0.1, -0.05) is 41.4 Å². The lowest BCUT2D eigenvalue weighted by molar-refractivity contribution is 0.0682. The van der Waals surface area contributed by atoms with Crippen LogP contribution in [-0.2, 0) is 13.1 Å². The minimum atomic E-state index is -1.42. The highest BCUT2D eigenvalue weighted by Crippen LogP contribution is 2.47. The van der Waals surface area contributed by atoms with Crippen LogP contribution < -0.4 is 26.3 Å². The number of carboxylic acids is 3. The van der Waals surface area contributed by atoms with Gasteiger partial charge in [-0.2, -0.15) is 0 Å². The summed E-state index contributed by atoms with van der Waals surface area (Å²) in [6.45, 7) is 2.01. The summed E-state index contributed by atoms with van der Waals surface area (Å²) in [4.78, 5) is 84.5. The van der Waals surface area contributed by atoms with Crippen molar-refractivity contribution < 1.29 is 53.2 Å². The Bertz CT molecular complexity index is 3860. The van der Waals surface area contributed by atoms with Gasteiger partial charge in [-0.3, -0.25) is 19.4 Å². The first-order valence-electron chi connectivity index (χ1n) is 22.4. The maximum atomic E-state index is 13.8. The van der Waals surface area contributed by atoms with Crippen LogP contribution in [0.15, 0.2) is 134 Å². The molecule has 2 aliphatic carbocycles. The average molecular weight is 1020 g/mol. The van der Waals surface area contributed by atoms with Crippen molar-refractivity contribution in [3.8, 4) is 50.7 Å². The Balaban J connectivity index is 0.963. The number of carbonyl (C=O) groups is 5. The number of anilines is 1. The van der Waals surface area contributed by atoms with Crippen molar-refractivity contribution in [2.45, 2.75) is 20.0 Å². The first-order chi connectivity index (χ1) is 34.9. The maximum absolute atomic E-state index is 13.8. The summed E-state index contributed by atoms with van der Waals surface area (Å²) in [5.41, 5.74) is 2.15. The average Bonchev–Trinajstić information content (AvgIpc) is 3.36. The topological polar surface area (TPSA) is 249 Å². The molecule has 0 spiro atoms. The molecular formula is C55H40Cl2N4O12. The van der Waals surface area contributed by atoms with Crippen LogP contribution in [0.1, 0.15) is 69.8 Å². The van der Waals surface area contributed by atoms with Crippen molar-refractivity contribution in [3.05, 3.63) is 180 Å². The third kappa shape index (κ3) is 9.28. The fourth-order valence-electron chi connectivity index (χ4n) is 8.76. The molecule has 9 rings (SSSR count). The van der Waals surface area contributed by atoms with Gasteiger partial charge in [0, 0.05) is 95.2 Å². The Morgan fingerprint density at radius 1 is 0.630 bits per heavy atom. The van der Waals surface area contributed by atoms with Gasteiger partial charge >= 0.3 is 17.9 Å². The molecule has 0 atom stereocenters. The fourth-order valence-corrected chi connectivity index (χ4v) is 9.38. The van der Waals surface area contributed by atoms with Crippen LogP contribution in [0, 0.1) is 0 Å². The molecule has 4 aliphatic rings. The summed E-state index contributed by atoms with van der Waals surface area (Å²) in [5, 5.41) is 47.4. The third-order valence-electron chi connectivity index (χ3n) is 12.3. The summed E-state index contributed by atoms with van der Waals surface area (Å²) < 4.78 is 12.5. The number of halogens is 2. The number of phenols is 1. The van der Waals surface area contributed by atoms with Crippen LogP contribution in [0.3, 0.4) is 0 Å². The minimum absolute atomic E-state index is 0.00506. The predicted octanol–water partition coefficient (Wildman–Crippen LogP) is 10.0. The quantitative estimate of drug-likeness (QED) is 0.0589. The van der Waals surface area contributed by atoms with Crippen molar-refractivity contribution in [2.75, 3.05) is 25.5 Å². The van der Waals surface area contributed by atoms with Crippen LogP contribution in [0.5, 0.6) is 5.75 Å². The largest absolute Gasteiger partial charge is 0.508 e. The van der Waals surface area contributed by atoms with Gasteiger partial charge in [0.1, 0.15) is 28.4 Å². The molecule has 0 saturated carbocycles. The smallest absolute Gasteiger partial charge is 0.337 e. The zero-order valence-corrected chi connectivity index (χ0v) is 40.3. The number of carboxylic acid groups (broad SMARTS) is 3. The number of nitrogens with one attached hydrogen (secondary N) is 2. The van der Waals surface area contributed by atoms with Crippen molar-refractivity contribution in [1.82, 2.24) is 10.6 Å². The molecule has 18 heteroatoms. The van der Waals surface area contributed by atoms with Crippen molar-refractivity contribution in [2.24, 2.45) is 4.99 Å². The SMILES string of the molecule is CC/N=c1\ccc2c(-c3c(Cl)cc(C(=O)NCc4ccc(C(=O)NCc5c6oc7cc(O)ccc7c(-c7ccc(C(=O)O)cc7C(=O)O)c-6ccc5=O)cc4)c(Cl)c3C(=O)O)c3ccc(N(C)C)cc3oc-2c1. The molecule has 366 valence electrons. The van der Waals surface area contributed by atoms with Crippen LogP contribution in [-0.4, -0.2) is 70.8 Å². The molecule has 0 radical (unpaired) electrons. The Labute approximate surface area is 423 Å². The van der Waals surface area contributed by atoms with E-state index in [0.29, 0.717) is 50.7 Å². The number of amides is 2. The van der Waals surface area contributed by atoms with E-state index in [1.165, 1.54) is 60.7 Å². The molecule has 5 aromatic rings. The van der Waals surface area contributed by atoms with Crippen LogP contribution in [0.2, 0.25) is 10.0 Å². The number of fused-ring (bicyclic) bond motifs is 4. The lowest BCUT2D eigenvalue weighted by Gasteiger charge is -2.21. The molecule has 6 N–H and O–H groups in total. The van der Waals surface area contributed by atoms with E-state index in [0.717, 1.165) is 11.8 Å². The Kier molecular flexibility index (Phi) is 13.2. The Morgan fingerprint density at radius 2 is 1.30 bits per heavy atom. The van der Waals surface area contributed by atoms with Gasteiger partial charge in [0.25, 0.3) is 11.8 Å². The lowest BCUT2D eigenvalue weighted by atomic mass is 9.88. The highest BCUT2D eigenvalue weighted by Gasteiger charge is 2.30. The van der Waals surface area contributed by atoms with Gasteiger partial charge in [-0.05, 0) is 96.9 Å². The number of phenolic OH excluding ortho intramolecular Hbond substituents is 1. The van der Waals surface area contributed by atoms with Gasteiger partial charge in [0.15, 0.2) is 5.43 Å². The molecule has 2 heterocycles. The second-order valence-electron chi connectivity index (χ2n) is 17.0. The monoisotopic (exact) mass is 1020 g/mol. The third-order valence-corrected chi connectivity index (χ3v) is 13.0. The zero-order valence-electron chi connectivity index (χ0n) is 38.8. The van der Waals surface area contributed by atoms with E-state index in [9.17, 15) is 49.2 Å². The standard InChI is InChI=1S/C55H40Cl2N4O12/c1-4-58-29-10-14-34-42(20-29)72-43-21-30(61(2)3)11-15-35(43)46(34)47-40(56)23-38(49(57)48(47)55(70)71)52(65)59-24-26-5-7-27(8-6-26)51(64)60-25-39-41(63)18-17-36-45(33-16-12-31(62)22-44(33)73-50(36)39)32-13-9-28(53(66)67)19-37(32)54(68)69/h5-23,62H,4,24-25H2,1-3H3,(H,59,65)(H,60,64)(H,66,67)(H,68,69)(H,70,71)/b58-29+. The maximum Gasteiger partial charge on any atom is 0.337 e. The normalized spacial score (nSPS) is 11.6. The first kappa shape index (κ1) is 49.0. The predicted molar refractivity (Wildman–Crippen MR) is 275 cm³/mol. The molecule has 0 bridgehead atoms. The van der Waals surface area contributed by atoms with Gasteiger partial charge in [0.05, 0.1) is 49.8 Å². The summed E-state index contributed by atoms with van der Waals surface area (Å²) in [6, 6.07) is 28.8. The molecule has 0 aromatic heterocycles. The van der Waals surface area contributed by atoms with Crippen molar-refractivity contribution in [3.63, 3.8) is 0 Å². The summed E-state index contributed by atoms with van der Waals surface area (Å²) in [6.07, 6.45) is 0. The molecule has 0 unspecified atom stereocenters. The molecule has 2 amide bonds. The first-order valence-corrected chi connectivity index (χ1v) is 23.1. The number of nitrogens with zero attached hydrogens (tertiary/aromatic N) is 2. The van der Waals surface area contributed by atoms with E-state index in [2.05, 4.69) is 15.6 Å². The van der Waals surface area contributed by atoms with Crippen molar-refractivity contribution >= 4 is 80.6 Å². The van der Waals surface area contributed by atoms with Crippen molar-refractivity contribution in [1.29, 1.82) is 0 Å². The second-order valence-corrected chi connectivity index (χ2v) is 17.8. The highest BCUT2D eigenvalue weighted by atomic mass is 35.5. The van der Waals surface area contributed by atoms with Gasteiger partial charge in [-0.15, -0.1) is 0 Å². The van der Waals surface area contributed by atoms with E-state index in [4.69, 9.17) is 32.0 Å². The minimum Gasteiger partial charge on any atom is -0.508 e. The number of rotatable bonds is 13. The Hall–Kier alpha value is -8.99. The molecule has 16 nitrogen and oxygen atoms in total. The van der Waals surface area contributed by atoms with E-state index >= 15 is 0 Å².